The van der Waals surface area contributed by atoms with Crippen molar-refractivity contribution in [2.24, 2.45) is 0 Å². The Hall–Kier alpha value is -3.08. The molecule has 132 valence electrons. The molecule has 0 fully saturated rings. The van der Waals surface area contributed by atoms with Gasteiger partial charge in [-0.15, -0.1) is 0 Å². The van der Waals surface area contributed by atoms with Crippen LogP contribution in [0.2, 0.25) is 0 Å². The molecule has 2 aromatic heterocycles. The molecule has 5 heteroatoms. The Morgan fingerprint density at radius 3 is 2.62 bits per heavy atom. The first kappa shape index (κ1) is 16.4. The number of nitrogens with one attached hydrogen (secondary N) is 1. The van der Waals surface area contributed by atoms with Crippen LogP contribution in [0.25, 0.3) is 0 Å². The van der Waals surface area contributed by atoms with E-state index in [1.54, 1.807) is 12.4 Å². The molecule has 0 saturated carbocycles. The second-order valence-electron chi connectivity index (χ2n) is 6.58. The molecule has 1 aliphatic heterocycles. The lowest BCUT2D eigenvalue weighted by Crippen LogP contribution is -2.47. The van der Waals surface area contributed by atoms with Crippen LogP contribution in [-0.2, 0) is 6.54 Å². The molecular weight excluding hydrogens is 324 g/mol. The number of urea groups is 1. The number of amides is 2. The molecule has 2 atom stereocenters. The topological polar surface area (TPSA) is 50.2 Å². The largest absolute Gasteiger partial charge is 0.348 e. The van der Waals surface area contributed by atoms with Crippen molar-refractivity contribution in [3.05, 3.63) is 90.0 Å². The molecule has 4 rings (SSSR count). The summed E-state index contributed by atoms with van der Waals surface area (Å²) in [7, 11) is 0. The number of pyridine rings is 1. The summed E-state index contributed by atoms with van der Waals surface area (Å²) < 4.78 is 2.23. The lowest BCUT2D eigenvalue weighted by molar-refractivity contribution is 0.166. The van der Waals surface area contributed by atoms with Crippen LogP contribution in [0.1, 0.15) is 35.8 Å². The third-order valence-electron chi connectivity index (χ3n) is 4.96. The normalized spacial score (nSPS) is 17.4. The summed E-state index contributed by atoms with van der Waals surface area (Å²) in [4.78, 5) is 19.1. The van der Waals surface area contributed by atoms with Crippen LogP contribution in [0, 0.1) is 0 Å². The van der Waals surface area contributed by atoms with Gasteiger partial charge in [0.2, 0.25) is 0 Å². The number of carbonyl (C=O) groups excluding carboxylic acids is 1. The lowest BCUT2D eigenvalue weighted by atomic mass is 10.0. The number of aromatic nitrogens is 2. The monoisotopic (exact) mass is 346 g/mol. The van der Waals surface area contributed by atoms with Crippen LogP contribution in [0.3, 0.4) is 0 Å². The van der Waals surface area contributed by atoms with Gasteiger partial charge in [0, 0.05) is 37.4 Å². The van der Waals surface area contributed by atoms with E-state index in [9.17, 15) is 4.79 Å². The first-order valence-electron chi connectivity index (χ1n) is 8.91. The summed E-state index contributed by atoms with van der Waals surface area (Å²) in [5.74, 6) is 0. The first-order chi connectivity index (χ1) is 12.7. The minimum atomic E-state index is -0.0791. The molecule has 1 aliphatic rings. The molecule has 0 spiro atoms. The molecule has 2 amide bonds. The lowest BCUT2D eigenvalue weighted by Gasteiger charge is -2.38. The van der Waals surface area contributed by atoms with Crippen LogP contribution in [0.4, 0.5) is 4.79 Å². The van der Waals surface area contributed by atoms with E-state index in [1.807, 2.05) is 48.2 Å². The van der Waals surface area contributed by atoms with Crippen LogP contribution < -0.4 is 5.32 Å². The second-order valence-corrected chi connectivity index (χ2v) is 6.58. The standard InChI is InChI=1S/C21H22N4O/c1-16(17-9-11-22-12-10-17)23-21(26)25-15-14-24-13-5-8-19(24)20(25)18-6-3-2-4-7-18/h2-13,16,20H,14-15H2,1H3,(H,23,26). The van der Waals surface area contributed by atoms with Crippen molar-refractivity contribution >= 4 is 6.03 Å². The number of rotatable bonds is 3. The maximum atomic E-state index is 13.1. The van der Waals surface area contributed by atoms with E-state index < -0.39 is 0 Å². The Kier molecular flexibility index (Phi) is 4.44. The molecule has 3 heterocycles. The van der Waals surface area contributed by atoms with Crippen molar-refractivity contribution in [3.63, 3.8) is 0 Å². The molecular formula is C21H22N4O. The first-order valence-corrected chi connectivity index (χ1v) is 8.91. The van der Waals surface area contributed by atoms with E-state index in [-0.39, 0.29) is 18.1 Å². The quantitative estimate of drug-likeness (QED) is 0.785. The molecule has 1 N–H and O–H groups in total. The number of hydrogen-bond acceptors (Lipinski definition) is 2. The number of benzene rings is 1. The van der Waals surface area contributed by atoms with E-state index in [1.165, 1.54) is 0 Å². The smallest absolute Gasteiger partial charge is 0.318 e. The molecule has 26 heavy (non-hydrogen) atoms. The fourth-order valence-corrected chi connectivity index (χ4v) is 3.59. The predicted octanol–water partition coefficient (Wildman–Crippen LogP) is 3.76. The molecule has 0 radical (unpaired) electrons. The van der Waals surface area contributed by atoms with Gasteiger partial charge in [0.25, 0.3) is 0 Å². The van der Waals surface area contributed by atoms with E-state index in [0.717, 1.165) is 23.4 Å². The summed E-state index contributed by atoms with van der Waals surface area (Å²) in [6.45, 7) is 3.48. The minimum absolute atomic E-state index is 0.0457. The summed E-state index contributed by atoms with van der Waals surface area (Å²) in [5.41, 5.74) is 3.32. The number of fused-ring (bicyclic) bond motifs is 1. The highest BCUT2D eigenvalue weighted by atomic mass is 16.2. The van der Waals surface area contributed by atoms with Crippen molar-refractivity contribution in [2.75, 3.05) is 6.54 Å². The van der Waals surface area contributed by atoms with Gasteiger partial charge in [0.15, 0.2) is 0 Å². The van der Waals surface area contributed by atoms with Crippen LogP contribution in [-0.4, -0.2) is 27.0 Å². The Morgan fingerprint density at radius 1 is 1.08 bits per heavy atom. The van der Waals surface area contributed by atoms with E-state index >= 15 is 0 Å². The highest BCUT2D eigenvalue weighted by molar-refractivity contribution is 5.76. The van der Waals surface area contributed by atoms with Crippen molar-refractivity contribution in [1.29, 1.82) is 0 Å². The zero-order valence-electron chi connectivity index (χ0n) is 14.7. The average Bonchev–Trinajstić information content (AvgIpc) is 3.17. The predicted molar refractivity (Wildman–Crippen MR) is 101 cm³/mol. The van der Waals surface area contributed by atoms with Gasteiger partial charge < -0.3 is 14.8 Å². The Morgan fingerprint density at radius 2 is 1.85 bits per heavy atom. The molecule has 3 aromatic rings. The maximum Gasteiger partial charge on any atom is 0.318 e. The van der Waals surface area contributed by atoms with Crippen LogP contribution in [0.5, 0.6) is 0 Å². The van der Waals surface area contributed by atoms with Gasteiger partial charge in [-0.05, 0) is 42.3 Å². The summed E-state index contributed by atoms with van der Waals surface area (Å²) in [6.07, 6.45) is 5.58. The molecule has 0 aliphatic carbocycles. The van der Waals surface area contributed by atoms with Crippen molar-refractivity contribution < 1.29 is 4.79 Å². The maximum absolute atomic E-state index is 13.1. The summed E-state index contributed by atoms with van der Waals surface area (Å²) in [6, 6.07) is 18.0. The SMILES string of the molecule is CC(NC(=O)N1CCn2cccc2C1c1ccccc1)c1ccncc1. The zero-order chi connectivity index (χ0) is 17.9. The molecule has 5 nitrogen and oxygen atoms in total. The molecule has 1 aromatic carbocycles. The third-order valence-corrected chi connectivity index (χ3v) is 4.96. The second kappa shape index (κ2) is 7.04. The highest BCUT2D eigenvalue weighted by Crippen LogP contribution is 2.32. The van der Waals surface area contributed by atoms with Crippen molar-refractivity contribution in [2.45, 2.75) is 25.6 Å². The van der Waals surface area contributed by atoms with Crippen molar-refractivity contribution in [1.82, 2.24) is 19.8 Å². The molecule has 0 saturated heterocycles. The Bertz CT molecular complexity index is 875. The average molecular weight is 346 g/mol. The highest BCUT2D eigenvalue weighted by Gasteiger charge is 2.32. The van der Waals surface area contributed by atoms with Gasteiger partial charge in [-0.1, -0.05) is 30.3 Å². The van der Waals surface area contributed by atoms with Gasteiger partial charge in [-0.2, -0.15) is 0 Å². The number of hydrogen-bond donors (Lipinski definition) is 1. The van der Waals surface area contributed by atoms with E-state index in [4.69, 9.17) is 0 Å². The van der Waals surface area contributed by atoms with Gasteiger partial charge in [0.1, 0.15) is 0 Å². The van der Waals surface area contributed by atoms with Gasteiger partial charge in [0.05, 0.1) is 12.1 Å². The Balaban J connectivity index is 1.61. The van der Waals surface area contributed by atoms with Gasteiger partial charge in [-0.25, -0.2) is 4.79 Å². The van der Waals surface area contributed by atoms with Gasteiger partial charge in [-0.3, -0.25) is 4.98 Å². The minimum Gasteiger partial charge on any atom is -0.348 e. The summed E-state index contributed by atoms with van der Waals surface area (Å²) >= 11 is 0. The number of nitrogens with zero attached hydrogens (tertiary/aromatic N) is 3. The van der Waals surface area contributed by atoms with Gasteiger partial charge >= 0.3 is 6.03 Å². The van der Waals surface area contributed by atoms with Crippen LogP contribution in [0.15, 0.2) is 73.2 Å². The zero-order valence-corrected chi connectivity index (χ0v) is 14.7. The Labute approximate surface area is 153 Å². The summed E-state index contributed by atoms with van der Waals surface area (Å²) in [5, 5.41) is 3.14. The van der Waals surface area contributed by atoms with E-state index in [0.29, 0.717) is 6.54 Å². The number of carbonyl (C=O) groups is 1. The fraction of sp³-hybridized carbons (Fsp3) is 0.238. The van der Waals surface area contributed by atoms with E-state index in [2.05, 4.69) is 39.3 Å². The third kappa shape index (κ3) is 3.08. The van der Waals surface area contributed by atoms with Crippen LogP contribution >= 0.6 is 0 Å². The van der Waals surface area contributed by atoms with Crippen molar-refractivity contribution in [3.8, 4) is 0 Å². The molecule has 2 unspecified atom stereocenters. The fourth-order valence-electron chi connectivity index (χ4n) is 3.59. The molecule has 0 bridgehead atoms.